The molecule has 2 rings (SSSR count). The van der Waals surface area contributed by atoms with Crippen LogP contribution in [0.25, 0.3) is 0 Å². The van der Waals surface area contributed by atoms with Gasteiger partial charge < -0.3 is 14.5 Å². The highest BCUT2D eigenvalue weighted by atomic mass is 32.2. The van der Waals surface area contributed by atoms with Gasteiger partial charge in [-0.15, -0.1) is 0 Å². The van der Waals surface area contributed by atoms with Crippen LogP contribution < -0.4 is 15.2 Å². The van der Waals surface area contributed by atoms with Gasteiger partial charge in [0.1, 0.15) is 27.7 Å². The van der Waals surface area contributed by atoms with Crippen LogP contribution in [0.5, 0.6) is 5.75 Å². The van der Waals surface area contributed by atoms with E-state index < -0.39 is 15.9 Å². The molecule has 0 aliphatic carbocycles. The van der Waals surface area contributed by atoms with Crippen molar-refractivity contribution in [3.05, 3.63) is 46.9 Å². The number of primary sulfonamides is 1. The average Bonchev–Trinajstić information content (AvgIpc) is 2.79. The smallest absolute Gasteiger partial charge is 0.256 e. The number of carbonyl (C=O) groups excluding carboxylic acids is 1. The molecule has 0 spiro atoms. The van der Waals surface area contributed by atoms with Crippen LogP contribution in [-0.2, 0) is 16.6 Å². The van der Waals surface area contributed by atoms with Crippen LogP contribution in [0.15, 0.2) is 33.6 Å². The number of amides is 1. The Balaban J connectivity index is 2.25. The number of benzene rings is 1. The molecule has 1 amide bonds. The standard InChI is InChI=1S/C15H18N2O5S/c1-9-13(14(10(2)22-9)23(16,19)20)15(18)17-8-11-5-4-6-12(7-11)21-3/h4-7H,8H2,1-3H3,(H,17,18)(H2,16,19,20). The van der Waals surface area contributed by atoms with Crippen molar-refractivity contribution >= 4 is 15.9 Å². The van der Waals surface area contributed by atoms with E-state index in [1.807, 2.05) is 6.07 Å². The fourth-order valence-corrected chi connectivity index (χ4v) is 3.28. The van der Waals surface area contributed by atoms with E-state index in [-0.39, 0.29) is 28.5 Å². The van der Waals surface area contributed by atoms with Gasteiger partial charge >= 0.3 is 0 Å². The summed E-state index contributed by atoms with van der Waals surface area (Å²) in [5.41, 5.74) is 0.751. The van der Waals surface area contributed by atoms with Crippen molar-refractivity contribution in [1.82, 2.24) is 5.32 Å². The fraction of sp³-hybridized carbons (Fsp3) is 0.267. The maximum Gasteiger partial charge on any atom is 0.256 e. The zero-order valence-corrected chi connectivity index (χ0v) is 13.9. The minimum absolute atomic E-state index is 0.0621. The molecule has 1 aromatic carbocycles. The number of hydrogen-bond acceptors (Lipinski definition) is 5. The van der Waals surface area contributed by atoms with E-state index in [0.29, 0.717) is 5.75 Å². The number of furan rings is 1. The van der Waals surface area contributed by atoms with Crippen molar-refractivity contribution < 1.29 is 22.4 Å². The van der Waals surface area contributed by atoms with E-state index in [2.05, 4.69) is 5.32 Å². The first-order valence-corrected chi connectivity index (χ1v) is 8.32. The van der Waals surface area contributed by atoms with Crippen LogP contribution in [0.3, 0.4) is 0 Å². The van der Waals surface area contributed by atoms with Crippen LogP contribution in [0.2, 0.25) is 0 Å². The zero-order valence-electron chi connectivity index (χ0n) is 13.0. The van der Waals surface area contributed by atoms with Gasteiger partial charge in [0.2, 0.25) is 10.0 Å². The molecule has 0 saturated carbocycles. The monoisotopic (exact) mass is 338 g/mol. The number of aryl methyl sites for hydroxylation is 2. The predicted molar refractivity (Wildman–Crippen MR) is 83.7 cm³/mol. The van der Waals surface area contributed by atoms with Gasteiger partial charge in [0.15, 0.2) is 0 Å². The summed E-state index contributed by atoms with van der Waals surface area (Å²) < 4.78 is 33.7. The van der Waals surface area contributed by atoms with Crippen LogP contribution >= 0.6 is 0 Å². The summed E-state index contributed by atoms with van der Waals surface area (Å²) in [5, 5.41) is 7.83. The molecular weight excluding hydrogens is 320 g/mol. The SMILES string of the molecule is COc1cccc(CNC(=O)c2c(C)oc(C)c2S(N)(=O)=O)c1. The third-order valence-electron chi connectivity index (χ3n) is 3.30. The van der Waals surface area contributed by atoms with Gasteiger partial charge in [0.25, 0.3) is 5.91 Å². The molecular formula is C15H18N2O5S. The third kappa shape index (κ3) is 3.72. The number of rotatable bonds is 5. The lowest BCUT2D eigenvalue weighted by Gasteiger charge is -2.07. The Morgan fingerprint density at radius 3 is 2.61 bits per heavy atom. The largest absolute Gasteiger partial charge is 0.497 e. The molecule has 7 nitrogen and oxygen atoms in total. The van der Waals surface area contributed by atoms with Crippen molar-refractivity contribution in [3.8, 4) is 5.75 Å². The number of sulfonamides is 1. The maximum absolute atomic E-state index is 12.4. The molecule has 1 aromatic heterocycles. The molecule has 124 valence electrons. The summed E-state index contributed by atoms with van der Waals surface area (Å²) in [5.74, 6) is 0.398. The van der Waals surface area contributed by atoms with Gasteiger partial charge in [-0.25, -0.2) is 13.6 Å². The van der Waals surface area contributed by atoms with Gasteiger partial charge in [-0.2, -0.15) is 0 Å². The van der Waals surface area contributed by atoms with Gasteiger partial charge in [0, 0.05) is 6.54 Å². The maximum atomic E-state index is 12.4. The number of ether oxygens (including phenoxy) is 1. The Kier molecular flexibility index (Phi) is 4.76. The normalized spacial score (nSPS) is 11.3. The van der Waals surface area contributed by atoms with Crippen molar-refractivity contribution in [2.45, 2.75) is 25.3 Å². The van der Waals surface area contributed by atoms with Gasteiger partial charge in [0.05, 0.1) is 7.11 Å². The van der Waals surface area contributed by atoms with Crippen molar-refractivity contribution in [1.29, 1.82) is 0 Å². The molecule has 23 heavy (non-hydrogen) atoms. The van der Waals surface area contributed by atoms with Gasteiger partial charge in [-0.3, -0.25) is 4.79 Å². The molecule has 3 N–H and O–H groups in total. The van der Waals surface area contributed by atoms with Crippen LogP contribution in [0.1, 0.15) is 27.4 Å². The minimum atomic E-state index is -4.06. The van der Waals surface area contributed by atoms with E-state index in [1.165, 1.54) is 13.8 Å². The summed E-state index contributed by atoms with van der Waals surface area (Å²) in [6.07, 6.45) is 0. The summed E-state index contributed by atoms with van der Waals surface area (Å²) in [4.78, 5) is 12.1. The van der Waals surface area contributed by atoms with E-state index in [9.17, 15) is 13.2 Å². The highest BCUT2D eigenvalue weighted by molar-refractivity contribution is 7.89. The minimum Gasteiger partial charge on any atom is -0.497 e. The van der Waals surface area contributed by atoms with Crippen molar-refractivity contribution in [3.63, 3.8) is 0 Å². The average molecular weight is 338 g/mol. The Labute approximate surface area is 134 Å². The van der Waals surface area contributed by atoms with Crippen LogP contribution in [0, 0.1) is 13.8 Å². The first-order valence-electron chi connectivity index (χ1n) is 6.78. The molecule has 0 unspecified atom stereocenters. The molecule has 0 saturated heterocycles. The molecule has 0 atom stereocenters. The first kappa shape index (κ1) is 17.0. The lowest BCUT2D eigenvalue weighted by atomic mass is 10.2. The highest BCUT2D eigenvalue weighted by Gasteiger charge is 2.28. The zero-order chi connectivity index (χ0) is 17.2. The van der Waals surface area contributed by atoms with E-state index in [4.69, 9.17) is 14.3 Å². The summed E-state index contributed by atoms with van der Waals surface area (Å²) in [7, 11) is -2.51. The summed E-state index contributed by atoms with van der Waals surface area (Å²) in [6, 6.07) is 7.17. The van der Waals surface area contributed by atoms with Crippen LogP contribution in [0.4, 0.5) is 0 Å². The first-order chi connectivity index (χ1) is 10.7. The summed E-state index contributed by atoms with van der Waals surface area (Å²) >= 11 is 0. The molecule has 8 heteroatoms. The topological polar surface area (TPSA) is 112 Å². The van der Waals surface area contributed by atoms with Gasteiger partial charge in [-0.1, -0.05) is 12.1 Å². The molecule has 0 fully saturated rings. The number of hydrogen-bond donors (Lipinski definition) is 2. The highest BCUT2D eigenvalue weighted by Crippen LogP contribution is 2.25. The Hall–Kier alpha value is -2.32. The predicted octanol–water partition coefficient (Wildman–Crippen LogP) is 1.48. The van der Waals surface area contributed by atoms with Crippen molar-refractivity contribution in [2.75, 3.05) is 7.11 Å². The lowest BCUT2D eigenvalue weighted by Crippen LogP contribution is -2.26. The fourth-order valence-electron chi connectivity index (χ4n) is 2.32. The second kappa shape index (κ2) is 6.43. The number of nitrogens with one attached hydrogen (secondary N) is 1. The Morgan fingerprint density at radius 2 is 2.00 bits per heavy atom. The molecule has 1 heterocycles. The number of methoxy groups -OCH3 is 1. The quantitative estimate of drug-likeness (QED) is 0.857. The summed E-state index contributed by atoms with van der Waals surface area (Å²) in [6.45, 7) is 3.18. The third-order valence-corrected chi connectivity index (χ3v) is 4.36. The number of carbonyl (C=O) groups is 1. The molecule has 0 radical (unpaired) electrons. The molecule has 0 aliphatic rings. The molecule has 0 bridgehead atoms. The molecule has 2 aromatic rings. The van der Waals surface area contributed by atoms with Crippen molar-refractivity contribution in [2.24, 2.45) is 5.14 Å². The second-order valence-electron chi connectivity index (χ2n) is 5.00. The van der Waals surface area contributed by atoms with E-state index >= 15 is 0 Å². The van der Waals surface area contributed by atoms with E-state index in [1.54, 1.807) is 25.3 Å². The van der Waals surface area contributed by atoms with Crippen LogP contribution in [-0.4, -0.2) is 21.4 Å². The lowest BCUT2D eigenvalue weighted by molar-refractivity contribution is 0.0946. The molecule has 0 aliphatic heterocycles. The number of nitrogens with two attached hydrogens (primary N) is 1. The van der Waals surface area contributed by atoms with E-state index in [0.717, 1.165) is 5.56 Å². The van der Waals surface area contributed by atoms with Gasteiger partial charge in [-0.05, 0) is 31.5 Å². The Bertz CT molecular complexity index is 840. The Morgan fingerprint density at radius 1 is 1.30 bits per heavy atom. The second-order valence-corrected chi connectivity index (χ2v) is 6.50.